The molecule has 1 aliphatic rings. The van der Waals surface area contributed by atoms with Crippen LogP contribution in [-0.2, 0) is 0 Å². The number of aromatic nitrogens is 1. The molecule has 0 radical (unpaired) electrons. The van der Waals surface area contributed by atoms with Crippen molar-refractivity contribution >= 4 is 12.0 Å². The average molecular weight is 249 g/mol. The SMILES string of the molecule is O=C(O)N1CCCN(C(=O)c2ccncc2)CC1. The summed E-state index contributed by atoms with van der Waals surface area (Å²) in [6, 6.07) is 3.34. The van der Waals surface area contributed by atoms with Crippen molar-refractivity contribution in [1.29, 1.82) is 0 Å². The Labute approximate surface area is 105 Å². The van der Waals surface area contributed by atoms with Crippen molar-refractivity contribution in [3.05, 3.63) is 30.1 Å². The van der Waals surface area contributed by atoms with Crippen LogP contribution in [0.25, 0.3) is 0 Å². The Morgan fingerprint density at radius 3 is 2.33 bits per heavy atom. The molecule has 6 nitrogen and oxygen atoms in total. The Hall–Kier alpha value is -2.11. The van der Waals surface area contributed by atoms with Gasteiger partial charge in [-0.05, 0) is 18.6 Å². The molecular weight excluding hydrogens is 234 g/mol. The molecule has 1 aromatic heterocycles. The van der Waals surface area contributed by atoms with Crippen molar-refractivity contribution in [2.75, 3.05) is 26.2 Å². The molecule has 1 fully saturated rings. The van der Waals surface area contributed by atoms with E-state index in [1.807, 2.05) is 0 Å². The molecule has 0 unspecified atom stereocenters. The van der Waals surface area contributed by atoms with Crippen LogP contribution in [0.5, 0.6) is 0 Å². The molecule has 0 spiro atoms. The maximum atomic E-state index is 12.2. The Bertz CT molecular complexity index is 435. The van der Waals surface area contributed by atoms with Crippen molar-refractivity contribution in [2.24, 2.45) is 0 Å². The molecular formula is C12H15N3O3. The predicted molar refractivity (Wildman–Crippen MR) is 64.4 cm³/mol. The molecule has 2 amide bonds. The molecule has 0 bridgehead atoms. The minimum absolute atomic E-state index is 0.0651. The second kappa shape index (κ2) is 5.48. The van der Waals surface area contributed by atoms with Gasteiger partial charge in [-0.3, -0.25) is 9.78 Å². The van der Waals surface area contributed by atoms with E-state index in [1.165, 1.54) is 4.90 Å². The zero-order valence-corrected chi connectivity index (χ0v) is 9.95. The van der Waals surface area contributed by atoms with Crippen molar-refractivity contribution in [1.82, 2.24) is 14.8 Å². The molecule has 6 heteroatoms. The second-order valence-corrected chi connectivity index (χ2v) is 4.15. The largest absolute Gasteiger partial charge is 0.465 e. The number of hydrogen-bond acceptors (Lipinski definition) is 3. The molecule has 1 N–H and O–H groups in total. The number of rotatable bonds is 1. The third kappa shape index (κ3) is 2.77. The molecule has 2 rings (SSSR count). The van der Waals surface area contributed by atoms with E-state index in [4.69, 9.17) is 5.11 Å². The van der Waals surface area contributed by atoms with Crippen molar-refractivity contribution in [3.8, 4) is 0 Å². The molecule has 18 heavy (non-hydrogen) atoms. The fourth-order valence-corrected chi connectivity index (χ4v) is 1.99. The zero-order chi connectivity index (χ0) is 13.0. The molecule has 0 atom stereocenters. The lowest BCUT2D eigenvalue weighted by Gasteiger charge is -2.20. The van der Waals surface area contributed by atoms with Gasteiger partial charge in [-0.2, -0.15) is 0 Å². The summed E-state index contributed by atoms with van der Waals surface area (Å²) < 4.78 is 0. The molecule has 96 valence electrons. The first-order valence-electron chi connectivity index (χ1n) is 5.85. The molecule has 0 saturated carbocycles. The highest BCUT2D eigenvalue weighted by molar-refractivity contribution is 5.94. The third-order valence-electron chi connectivity index (χ3n) is 2.98. The Balaban J connectivity index is 2.02. The van der Waals surface area contributed by atoms with Gasteiger partial charge in [-0.25, -0.2) is 4.79 Å². The van der Waals surface area contributed by atoms with Gasteiger partial charge in [0.25, 0.3) is 5.91 Å². The number of carbonyl (C=O) groups excluding carboxylic acids is 1. The Morgan fingerprint density at radius 2 is 1.67 bits per heavy atom. The first-order valence-corrected chi connectivity index (χ1v) is 5.85. The number of carboxylic acid groups (broad SMARTS) is 1. The van der Waals surface area contributed by atoms with Gasteiger partial charge < -0.3 is 14.9 Å². The van der Waals surface area contributed by atoms with E-state index in [2.05, 4.69) is 4.98 Å². The van der Waals surface area contributed by atoms with Crippen molar-refractivity contribution in [2.45, 2.75) is 6.42 Å². The fraction of sp³-hybridized carbons (Fsp3) is 0.417. The number of pyridine rings is 1. The topological polar surface area (TPSA) is 73.7 Å². The highest BCUT2D eigenvalue weighted by Gasteiger charge is 2.22. The van der Waals surface area contributed by atoms with Gasteiger partial charge in [0.05, 0.1) is 0 Å². The quantitative estimate of drug-likeness (QED) is 0.802. The predicted octanol–water partition coefficient (Wildman–Crippen LogP) is 0.908. The minimum Gasteiger partial charge on any atom is -0.465 e. The highest BCUT2D eigenvalue weighted by Crippen LogP contribution is 2.08. The van der Waals surface area contributed by atoms with Gasteiger partial charge in [-0.1, -0.05) is 0 Å². The minimum atomic E-state index is -0.923. The van der Waals surface area contributed by atoms with E-state index in [9.17, 15) is 9.59 Å². The summed E-state index contributed by atoms with van der Waals surface area (Å²) in [6.45, 7) is 1.88. The van der Waals surface area contributed by atoms with Gasteiger partial charge in [-0.15, -0.1) is 0 Å². The first-order chi connectivity index (χ1) is 8.68. The normalized spacial score (nSPS) is 16.2. The molecule has 1 aliphatic heterocycles. The molecule has 2 heterocycles. The lowest BCUT2D eigenvalue weighted by atomic mass is 10.2. The molecule has 1 aromatic rings. The van der Waals surface area contributed by atoms with Crippen LogP contribution < -0.4 is 0 Å². The van der Waals surface area contributed by atoms with Crippen LogP contribution in [0.3, 0.4) is 0 Å². The smallest absolute Gasteiger partial charge is 0.407 e. The van der Waals surface area contributed by atoms with Crippen molar-refractivity contribution in [3.63, 3.8) is 0 Å². The third-order valence-corrected chi connectivity index (χ3v) is 2.98. The summed E-state index contributed by atoms with van der Waals surface area (Å²) in [5.74, 6) is -0.0651. The highest BCUT2D eigenvalue weighted by atomic mass is 16.4. The summed E-state index contributed by atoms with van der Waals surface area (Å²) in [5, 5.41) is 8.92. The molecule has 1 saturated heterocycles. The van der Waals surface area contributed by atoms with Gasteiger partial charge in [0, 0.05) is 44.1 Å². The maximum Gasteiger partial charge on any atom is 0.407 e. The molecule has 0 aromatic carbocycles. The summed E-state index contributed by atoms with van der Waals surface area (Å²) >= 11 is 0. The van der Waals surface area contributed by atoms with E-state index in [1.54, 1.807) is 29.4 Å². The van der Waals surface area contributed by atoms with Crippen LogP contribution in [0.4, 0.5) is 4.79 Å². The second-order valence-electron chi connectivity index (χ2n) is 4.15. The van der Waals surface area contributed by atoms with E-state index >= 15 is 0 Å². The van der Waals surface area contributed by atoms with E-state index in [0.29, 0.717) is 38.2 Å². The number of hydrogen-bond donors (Lipinski definition) is 1. The van der Waals surface area contributed by atoms with E-state index in [-0.39, 0.29) is 5.91 Å². The van der Waals surface area contributed by atoms with Crippen LogP contribution in [0.2, 0.25) is 0 Å². The monoisotopic (exact) mass is 249 g/mol. The fourth-order valence-electron chi connectivity index (χ4n) is 1.99. The summed E-state index contributed by atoms with van der Waals surface area (Å²) in [6.07, 6.45) is 2.90. The maximum absolute atomic E-state index is 12.2. The van der Waals surface area contributed by atoms with E-state index in [0.717, 1.165) is 0 Å². The summed E-state index contributed by atoms with van der Waals surface area (Å²) in [4.78, 5) is 29.9. The molecule has 0 aliphatic carbocycles. The average Bonchev–Trinajstić information content (AvgIpc) is 2.64. The lowest BCUT2D eigenvalue weighted by molar-refractivity contribution is 0.0759. The van der Waals surface area contributed by atoms with Crippen LogP contribution in [0, 0.1) is 0 Å². The van der Waals surface area contributed by atoms with Crippen LogP contribution in [-0.4, -0.2) is 58.1 Å². The standard InChI is InChI=1S/C12H15N3O3/c16-11(10-2-4-13-5-3-10)14-6-1-7-15(9-8-14)12(17)18/h2-5H,1,6-9H2,(H,17,18). The Kier molecular flexibility index (Phi) is 3.76. The van der Waals surface area contributed by atoms with Gasteiger partial charge in [0.15, 0.2) is 0 Å². The van der Waals surface area contributed by atoms with Crippen LogP contribution >= 0.6 is 0 Å². The number of amides is 2. The number of carbonyl (C=O) groups is 2. The van der Waals surface area contributed by atoms with E-state index < -0.39 is 6.09 Å². The zero-order valence-electron chi connectivity index (χ0n) is 9.95. The van der Waals surface area contributed by atoms with Gasteiger partial charge in [0.1, 0.15) is 0 Å². The lowest BCUT2D eigenvalue weighted by Crippen LogP contribution is -2.36. The van der Waals surface area contributed by atoms with Crippen LogP contribution in [0.1, 0.15) is 16.8 Å². The summed E-state index contributed by atoms with van der Waals surface area (Å²) in [7, 11) is 0. The Morgan fingerprint density at radius 1 is 1.06 bits per heavy atom. The number of nitrogens with zero attached hydrogens (tertiary/aromatic N) is 3. The summed E-state index contributed by atoms with van der Waals surface area (Å²) in [5.41, 5.74) is 0.591. The van der Waals surface area contributed by atoms with Crippen LogP contribution in [0.15, 0.2) is 24.5 Å². The van der Waals surface area contributed by atoms with Gasteiger partial charge >= 0.3 is 6.09 Å². The van der Waals surface area contributed by atoms with Crippen molar-refractivity contribution < 1.29 is 14.7 Å². The van der Waals surface area contributed by atoms with Gasteiger partial charge in [0.2, 0.25) is 0 Å². The first kappa shape index (κ1) is 12.3.